The number of carboxylic acids is 1. The molecule has 0 aliphatic carbocycles. The largest absolute Gasteiger partial charge is 0.478 e. The van der Waals surface area contributed by atoms with Gasteiger partial charge in [-0.3, -0.25) is 0 Å². The van der Waals surface area contributed by atoms with Crippen molar-refractivity contribution in [3.8, 4) is 0 Å². The number of rotatable bonds is 9. The first-order valence-corrected chi connectivity index (χ1v) is 9.17. The second-order valence-corrected chi connectivity index (χ2v) is 6.92. The van der Waals surface area contributed by atoms with E-state index in [0.29, 0.717) is 5.57 Å². The predicted molar refractivity (Wildman–Crippen MR) is 99.1 cm³/mol. The first-order chi connectivity index (χ1) is 11.2. The van der Waals surface area contributed by atoms with Gasteiger partial charge in [0.1, 0.15) is 0 Å². The number of carboxylic acid groups (broad SMARTS) is 1. The third kappa shape index (κ3) is 6.11. The van der Waals surface area contributed by atoms with Crippen LogP contribution in [0.3, 0.4) is 0 Å². The SMILES string of the molecule is CC(=CCCCCCCSc1ccc2ccccc2c1)C(=O)O. The van der Waals surface area contributed by atoms with E-state index in [2.05, 4.69) is 42.5 Å². The van der Waals surface area contributed by atoms with Gasteiger partial charge in [-0.25, -0.2) is 4.79 Å². The van der Waals surface area contributed by atoms with E-state index in [-0.39, 0.29) is 0 Å². The molecule has 2 aromatic rings. The molecule has 0 saturated carbocycles. The summed E-state index contributed by atoms with van der Waals surface area (Å²) >= 11 is 1.92. The van der Waals surface area contributed by atoms with Crippen LogP contribution in [-0.4, -0.2) is 16.8 Å². The molecule has 0 heterocycles. The van der Waals surface area contributed by atoms with Gasteiger partial charge in [0, 0.05) is 10.5 Å². The molecule has 0 amide bonds. The highest BCUT2D eigenvalue weighted by Gasteiger charge is 1.99. The summed E-state index contributed by atoms with van der Waals surface area (Å²) in [6, 6.07) is 15.1. The highest BCUT2D eigenvalue weighted by atomic mass is 32.2. The van der Waals surface area contributed by atoms with E-state index < -0.39 is 5.97 Å². The molecule has 0 saturated heterocycles. The smallest absolute Gasteiger partial charge is 0.330 e. The van der Waals surface area contributed by atoms with Gasteiger partial charge in [0.2, 0.25) is 0 Å². The predicted octanol–water partition coefficient (Wildman–Crippen LogP) is 5.91. The Hall–Kier alpha value is -1.74. The Balaban J connectivity index is 1.61. The van der Waals surface area contributed by atoms with Crippen LogP contribution in [0.4, 0.5) is 0 Å². The molecule has 0 bridgehead atoms. The zero-order valence-electron chi connectivity index (χ0n) is 13.6. The van der Waals surface area contributed by atoms with Crippen LogP contribution >= 0.6 is 11.8 Å². The summed E-state index contributed by atoms with van der Waals surface area (Å²) in [4.78, 5) is 12.0. The van der Waals surface area contributed by atoms with Crippen molar-refractivity contribution < 1.29 is 9.90 Å². The standard InChI is InChI=1S/C20H24O2S/c1-16(20(21)22)9-5-3-2-4-8-14-23-19-13-12-17-10-6-7-11-18(17)15-19/h6-7,9-13,15H,2-5,8,14H2,1H3,(H,21,22). The third-order valence-electron chi connectivity index (χ3n) is 3.88. The number of fused-ring (bicyclic) bond motifs is 1. The molecule has 2 nitrogen and oxygen atoms in total. The first-order valence-electron chi connectivity index (χ1n) is 8.18. The molecule has 2 rings (SSSR count). The van der Waals surface area contributed by atoms with E-state index >= 15 is 0 Å². The minimum atomic E-state index is -0.809. The topological polar surface area (TPSA) is 37.3 Å². The van der Waals surface area contributed by atoms with E-state index in [9.17, 15) is 4.79 Å². The Morgan fingerprint density at radius 3 is 2.57 bits per heavy atom. The minimum Gasteiger partial charge on any atom is -0.478 e. The van der Waals surface area contributed by atoms with Crippen molar-refractivity contribution in [3.05, 3.63) is 54.1 Å². The molecule has 3 heteroatoms. The molecule has 0 aromatic heterocycles. The van der Waals surface area contributed by atoms with Crippen molar-refractivity contribution >= 4 is 28.5 Å². The molecule has 2 aromatic carbocycles. The molecule has 0 atom stereocenters. The Labute approximate surface area is 142 Å². The van der Waals surface area contributed by atoms with Crippen LogP contribution in [0.1, 0.15) is 39.0 Å². The van der Waals surface area contributed by atoms with Crippen molar-refractivity contribution in [1.82, 2.24) is 0 Å². The lowest BCUT2D eigenvalue weighted by Crippen LogP contribution is -1.95. The van der Waals surface area contributed by atoms with Crippen LogP contribution in [0.15, 0.2) is 59.0 Å². The highest BCUT2D eigenvalue weighted by Crippen LogP contribution is 2.24. The number of carbonyl (C=O) groups is 1. The summed E-state index contributed by atoms with van der Waals surface area (Å²) in [5, 5.41) is 11.4. The minimum absolute atomic E-state index is 0.455. The fourth-order valence-electron chi connectivity index (χ4n) is 2.45. The molecular formula is C20H24O2S. The lowest BCUT2D eigenvalue weighted by Gasteiger charge is -2.04. The number of unbranched alkanes of at least 4 members (excludes halogenated alkanes) is 4. The second-order valence-electron chi connectivity index (χ2n) is 5.75. The fourth-order valence-corrected chi connectivity index (χ4v) is 3.41. The van der Waals surface area contributed by atoms with E-state index in [0.717, 1.165) is 18.6 Å². The summed E-state index contributed by atoms with van der Waals surface area (Å²) in [6.07, 6.45) is 7.36. The molecule has 0 unspecified atom stereocenters. The van der Waals surface area contributed by atoms with Gasteiger partial charge >= 0.3 is 5.97 Å². The summed E-state index contributed by atoms with van der Waals surface area (Å²) in [7, 11) is 0. The van der Waals surface area contributed by atoms with Gasteiger partial charge in [-0.05, 0) is 54.8 Å². The van der Waals surface area contributed by atoms with Gasteiger partial charge in [0.25, 0.3) is 0 Å². The second kappa shape index (κ2) is 9.41. The fraction of sp³-hybridized carbons (Fsp3) is 0.350. The van der Waals surface area contributed by atoms with Crippen molar-refractivity contribution in [2.45, 2.75) is 43.9 Å². The van der Waals surface area contributed by atoms with Gasteiger partial charge in [-0.2, -0.15) is 0 Å². The average molecular weight is 328 g/mol. The molecule has 122 valence electrons. The number of hydrogen-bond donors (Lipinski definition) is 1. The number of allylic oxidation sites excluding steroid dienone is 1. The molecule has 0 spiro atoms. The van der Waals surface area contributed by atoms with Crippen LogP contribution in [0, 0.1) is 0 Å². The van der Waals surface area contributed by atoms with Gasteiger partial charge in [0.15, 0.2) is 0 Å². The van der Waals surface area contributed by atoms with Gasteiger partial charge < -0.3 is 5.11 Å². The molecule has 23 heavy (non-hydrogen) atoms. The zero-order chi connectivity index (χ0) is 16.5. The third-order valence-corrected chi connectivity index (χ3v) is 4.96. The lowest BCUT2D eigenvalue weighted by molar-refractivity contribution is -0.132. The molecule has 0 fully saturated rings. The van der Waals surface area contributed by atoms with Crippen molar-refractivity contribution in [2.24, 2.45) is 0 Å². The number of thioether (sulfide) groups is 1. The quantitative estimate of drug-likeness (QED) is 0.353. The summed E-state index contributed by atoms with van der Waals surface area (Å²) < 4.78 is 0. The summed E-state index contributed by atoms with van der Waals surface area (Å²) in [5.41, 5.74) is 0.455. The molecule has 0 aliphatic rings. The van der Waals surface area contributed by atoms with Crippen molar-refractivity contribution in [1.29, 1.82) is 0 Å². The first kappa shape index (κ1) is 17.6. The highest BCUT2D eigenvalue weighted by molar-refractivity contribution is 7.99. The Morgan fingerprint density at radius 2 is 1.78 bits per heavy atom. The normalized spacial score (nSPS) is 11.8. The van der Waals surface area contributed by atoms with E-state index in [1.54, 1.807) is 6.92 Å². The molecule has 0 radical (unpaired) electrons. The number of aliphatic carboxylic acids is 1. The maximum Gasteiger partial charge on any atom is 0.330 e. The van der Waals surface area contributed by atoms with Crippen molar-refractivity contribution in [2.75, 3.05) is 5.75 Å². The lowest BCUT2D eigenvalue weighted by atomic mass is 10.1. The number of hydrogen-bond acceptors (Lipinski definition) is 2. The zero-order valence-corrected chi connectivity index (χ0v) is 14.4. The monoisotopic (exact) mass is 328 g/mol. The van der Waals surface area contributed by atoms with Crippen LogP contribution < -0.4 is 0 Å². The van der Waals surface area contributed by atoms with Crippen molar-refractivity contribution in [3.63, 3.8) is 0 Å². The van der Waals surface area contributed by atoms with Crippen LogP contribution in [-0.2, 0) is 4.79 Å². The van der Waals surface area contributed by atoms with E-state index in [1.807, 2.05) is 17.8 Å². The summed E-state index contributed by atoms with van der Waals surface area (Å²) in [5.74, 6) is 0.333. The van der Waals surface area contributed by atoms with Crippen LogP contribution in [0.25, 0.3) is 10.8 Å². The van der Waals surface area contributed by atoms with Gasteiger partial charge in [-0.15, -0.1) is 11.8 Å². The Morgan fingerprint density at radius 1 is 1.04 bits per heavy atom. The molecular weight excluding hydrogens is 304 g/mol. The Kier molecular flexibility index (Phi) is 7.21. The summed E-state index contributed by atoms with van der Waals surface area (Å²) in [6.45, 7) is 1.66. The Bertz CT molecular complexity index is 676. The van der Waals surface area contributed by atoms with E-state index in [1.165, 1.54) is 34.9 Å². The van der Waals surface area contributed by atoms with Gasteiger partial charge in [-0.1, -0.05) is 49.2 Å². The maximum atomic E-state index is 10.6. The van der Waals surface area contributed by atoms with Crippen LogP contribution in [0.2, 0.25) is 0 Å². The van der Waals surface area contributed by atoms with Gasteiger partial charge in [0.05, 0.1) is 0 Å². The van der Waals surface area contributed by atoms with E-state index in [4.69, 9.17) is 5.11 Å². The molecule has 1 N–H and O–H groups in total. The van der Waals surface area contributed by atoms with Crippen LogP contribution in [0.5, 0.6) is 0 Å². The molecule has 0 aliphatic heterocycles. The average Bonchev–Trinajstić information content (AvgIpc) is 2.56. The number of benzene rings is 2. The maximum absolute atomic E-state index is 10.6.